The SMILES string of the molecule is O=C(Cl)CCCCC(=O)c1ccco1. The molecule has 1 aromatic heterocycles. The summed E-state index contributed by atoms with van der Waals surface area (Å²) in [6.07, 6.45) is 3.51. The van der Waals surface area contributed by atoms with Crippen molar-refractivity contribution >= 4 is 22.6 Å². The summed E-state index contributed by atoms with van der Waals surface area (Å²) in [5, 5.41) is -0.351. The third-order valence-corrected chi connectivity index (χ3v) is 2.01. The molecule has 0 aliphatic heterocycles. The zero-order chi connectivity index (χ0) is 10.4. The molecule has 0 fully saturated rings. The normalized spacial score (nSPS) is 10.1. The molecule has 1 aromatic rings. The summed E-state index contributed by atoms with van der Waals surface area (Å²) < 4.78 is 4.93. The van der Waals surface area contributed by atoms with Crippen LogP contribution >= 0.6 is 11.6 Å². The third kappa shape index (κ3) is 3.75. The molecule has 0 aromatic carbocycles. The van der Waals surface area contributed by atoms with Crippen LogP contribution in [0.15, 0.2) is 22.8 Å². The number of hydrogen-bond acceptors (Lipinski definition) is 3. The number of hydrogen-bond donors (Lipinski definition) is 0. The predicted molar refractivity (Wildman–Crippen MR) is 52.4 cm³/mol. The molecule has 76 valence electrons. The molecule has 0 spiro atoms. The fourth-order valence-electron chi connectivity index (χ4n) is 1.11. The minimum atomic E-state index is -0.351. The van der Waals surface area contributed by atoms with Crippen LogP contribution in [-0.2, 0) is 4.79 Å². The average Bonchev–Trinajstić information content (AvgIpc) is 2.64. The van der Waals surface area contributed by atoms with E-state index in [1.165, 1.54) is 6.26 Å². The number of rotatable bonds is 6. The molecule has 0 radical (unpaired) electrons. The first-order chi connectivity index (χ1) is 6.70. The monoisotopic (exact) mass is 214 g/mol. The molecule has 0 atom stereocenters. The van der Waals surface area contributed by atoms with Crippen molar-refractivity contribution in [1.82, 2.24) is 0 Å². The fourth-order valence-corrected chi connectivity index (χ4v) is 1.24. The van der Waals surface area contributed by atoms with E-state index in [2.05, 4.69) is 0 Å². The predicted octanol–water partition coefficient (Wildman–Crippen LogP) is 2.79. The van der Waals surface area contributed by atoms with E-state index >= 15 is 0 Å². The Morgan fingerprint density at radius 3 is 2.57 bits per heavy atom. The molecule has 0 amide bonds. The molecule has 0 aliphatic carbocycles. The summed E-state index contributed by atoms with van der Waals surface area (Å²) in [5.41, 5.74) is 0. The second-order valence-corrected chi connectivity index (χ2v) is 3.38. The quantitative estimate of drug-likeness (QED) is 0.416. The first-order valence-corrected chi connectivity index (χ1v) is 4.83. The number of furan rings is 1. The van der Waals surface area contributed by atoms with Gasteiger partial charge in [-0.2, -0.15) is 0 Å². The van der Waals surface area contributed by atoms with Gasteiger partial charge in [-0.1, -0.05) is 0 Å². The van der Waals surface area contributed by atoms with Crippen molar-refractivity contribution in [2.24, 2.45) is 0 Å². The van der Waals surface area contributed by atoms with Crippen LogP contribution in [0.1, 0.15) is 36.2 Å². The van der Waals surface area contributed by atoms with E-state index in [1.807, 2.05) is 0 Å². The highest BCUT2D eigenvalue weighted by Gasteiger charge is 2.07. The summed E-state index contributed by atoms with van der Waals surface area (Å²) in [4.78, 5) is 21.7. The summed E-state index contributed by atoms with van der Waals surface area (Å²) >= 11 is 5.15. The van der Waals surface area contributed by atoms with Gasteiger partial charge >= 0.3 is 0 Å². The van der Waals surface area contributed by atoms with Crippen molar-refractivity contribution in [2.45, 2.75) is 25.7 Å². The topological polar surface area (TPSA) is 47.3 Å². The molecule has 0 unspecified atom stereocenters. The Labute approximate surface area is 87.0 Å². The van der Waals surface area contributed by atoms with Gasteiger partial charge in [0.25, 0.3) is 0 Å². The fraction of sp³-hybridized carbons (Fsp3) is 0.400. The van der Waals surface area contributed by atoms with Gasteiger partial charge in [-0.3, -0.25) is 9.59 Å². The number of carbonyl (C=O) groups is 2. The van der Waals surface area contributed by atoms with Crippen LogP contribution in [0.4, 0.5) is 0 Å². The lowest BCUT2D eigenvalue weighted by Crippen LogP contribution is -1.97. The van der Waals surface area contributed by atoms with Crippen molar-refractivity contribution in [2.75, 3.05) is 0 Å². The minimum Gasteiger partial charge on any atom is -0.461 e. The summed E-state index contributed by atoms with van der Waals surface area (Å²) in [7, 11) is 0. The van der Waals surface area contributed by atoms with Gasteiger partial charge in [0, 0.05) is 12.8 Å². The zero-order valence-corrected chi connectivity index (χ0v) is 8.42. The van der Waals surface area contributed by atoms with Crippen LogP contribution in [0.25, 0.3) is 0 Å². The van der Waals surface area contributed by atoms with Crippen LogP contribution in [0.5, 0.6) is 0 Å². The lowest BCUT2D eigenvalue weighted by molar-refractivity contribution is -0.111. The van der Waals surface area contributed by atoms with Crippen molar-refractivity contribution in [3.8, 4) is 0 Å². The number of ketones is 1. The van der Waals surface area contributed by atoms with Gasteiger partial charge in [0.05, 0.1) is 6.26 Å². The molecule has 0 saturated carbocycles. The first-order valence-electron chi connectivity index (χ1n) is 4.45. The molecule has 0 bridgehead atoms. The molecular formula is C10H11ClO3. The van der Waals surface area contributed by atoms with Crippen LogP contribution in [0.3, 0.4) is 0 Å². The highest BCUT2D eigenvalue weighted by atomic mass is 35.5. The summed E-state index contributed by atoms with van der Waals surface area (Å²) in [6.45, 7) is 0. The third-order valence-electron chi connectivity index (χ3n) is 1.82. The van der Waals surface area contributed by atoms with E-state index in [9.17, 15) is 9.59 Å². The lowest BCUT2D eigenvalue weighted by Gasteiger charge is -1.96. The number of halogens is 1. The molecule has 1 heterocycles. The Hall–Kier alpha value is -1.09. The smallest absolute Gasteiger partial charge is 0.221 e. The van der Waals surface area contributed by atoms with E-state index in [1.54, 1.807) is 12.1 Å². The summed E-state index contributed by atoms with van der Waals surface area (Å²) in [6, 6.07) is 3.31. The van der Waals surface area contributed by atoms with Gasteiger partial charge in [-0.15, -0.1) is 0 Å². The van der Waals surface area contributed by atoms with Gasteiger partial charge in [-0.05, 0) is 36.6 Å². The van der Waals surface area contributed by atoms with Gasteiger partial charge in [-0.25, -0.2) is 0 Å². The minimum absolute atomic E-state index is 0.0305. The number of Topliss-reactive ketones (excluding diaryl/α,β-unsaturated/α-hetero) is 1. The van der Waals surface area contributed by atoms with Gasteiger partial charge in [0.2, 0.25) is 5.24 Å². The average molecular weight is 215 g/mol. The molecule has 4 heteroatoms. The van der Waals surface area contributed by atoms with E-state index in [0.717, 1.165) is 0 Å². The van der Waals surface area contributed by atoms with E-state index in [-0.39, 0.29) is 11.0 Å². The highest BCUT2D eigenvalue weighted by molar-refractivity contribution is 6.63. The molecule has 1 rings (SSSR count). The van der Waals surface area contributed by atoms with Gasteiger partial charge in [0.15, 0.2) is 11.5 Å². The molecule has 0 N–H and O–H groups in total. The number of carbonyl (C=O) groups excluding carboxylic acids is 2. The second-order valence-electron chi connectivity index (χ2n) is 2.96. The Kier molecular flexibility index (Phi) is 4.40. The zero-order valence-electron chi connectivity index (χ0n) is 7.66. The largest absolute Gasteiger partial charge is 0.461 e. The van der Waals surface area contributed by atoms with Crippen molar-refractivity contribution in [1.29, 1.82) is 0 Å². The van der Waals surface area contributed by atoms with E-state index in [4.69, 9.17) is 16.0 Å². The molecule has 14 heavy (non-hydrogen) atoms. The van der Waals surface area contributed by atoms with Crippen molar-refractivity contribution < 1.29 is 14.0 Å². The Bertz CT molecular complexity index is 303. The maximum atomic E-state index is 11.3. The maximum Gasteiger partial charge on any atom is 0.221 e. The molecule has 0 aliphatic rings. The van der Waals surface area contributed by atoms with Gasteiger partial charge in [0.1, 0.15) is 0 Å². The lowest BCUT2D eigenvalue weighted by atomic mass is 10.1. The van der Waals surface area contributed by atoms with Crippen LogP contribution in [-0.4, -0.2) is 11.0 Å². The maximum absolute atomic E-state index is 11.3. The number of unbranched alkanes of at least 4 members (excludes halogenated alkanes) is 1. The van der Waals surface area contributed by atoms with Crippen LogP contribution in [0, 0.1) is 0 Å². The Morgan fingerprint density at radius 2 is 2.00 bits per heavy atom. The standard InChI is InChI=1S/C10H11ClO3/c11-10(13)6-2-1-4-8(12)9-5-3-7-14-9/h3,5,7H,1-2,4,6H2. The first kappa shape index (κ1) is 11.0. The van der Waals surface area contributed by atoms with Crippen LogP contribution in [0.2, 0.25) is 0 Å². The van der Waals surface area contributed by atoms with Gasteiger partial charge < -0.3 is 4.42 Å². The van der Waals surface area contributed by atoms with Crippen molar-refractivity contribution in [3.63, 3.8) is 0 Å². The summed E-state index contributed by atoms with van der Waals surface area (Å²) in [5.74, 6) is 0.347. The van der Waals surface area contributed by atoms with Crippen LogP contribution < -0.4 is 0 Å². The Morgan fingerprint density at radius 1 is 1.29 bits per heavy atom. The highest BCUT2D eigenvalue weighted by Crippen LogP contribution is 2.09. The second kappa shape index (κ2) is 5.60. The van der Waals surface area contributed by atoms with E-state index in [0.29, 0.717) is 31.4 Å². The molecular weight excluding hydrogens is 204 g/mol. The molecule has 0 saturated heterocycles. The molecule has 3 nitrogen and oxygen atoms in total. The van der Waals surface area contributed by atoms with E-state index < -0.39 is 0 Å². The Balaban J connectivity index is 2.19. The van der Waals surface area contributed by atoms with Crippen molar-refractivity contribution in [3.05, 3.63) is 24.2 Å².